The predicted molar refractivity (Wildman–Crippen MR) is 222 cm³/mol. The van der Waals surface area contributed by atoms with Crippen LogP contribution in [-0.2, 0) is 9.59 Å². The number of imide groups is 2. The summed E-state index contributed by atoms with van der Waals surface area (Å²) in [5.74, 6) is -0.549. The Bertz CT molecular complexity index is 2340. The summed E-state index contributed by atoms with van der Waals surface area (Å²) in [6, 6.07) is 13.1. The van der Waals surface area contributed by atoms with E-state index in [2.05, 4.69) is 41.4 Å². The van der Waals surface area contributed by atoms with Crippen LogP contribution in [0.3, 0.4) is 0 Å². The van der Waals surface area contributed by atoms with Gasteiger partial charge in [0.1, 0.15) is 30.0 Å². The van der Waals surface area contributed by atoms with Crippen molar-refractivity contribution in [2.75, 3.05) is 55.6 Å². The Morgan fingerprint density at radius 2 is 1.51 bits per heavy atom. The average molecular weight is 827 g/mol. The first kappa shape index (κ1) is 41.3. The lowest BCUT2D eigenvalue weighted by molar-refractivity contribution is -0.164. The van der Waals surface area contributed by atoms with Crippen molar-refractivity contribution in [2.24, 2.45) is 16.7 Å². The van der Waals surface area contributed by atoms with E-state index in [4.69, 9.17) is 4.74 Å². The van der Waals surface area contributed by atoms with Crippen LogP contribution in [-0.4, -0.2) is 113 Å². The molecule has 5 amide bonds. The highest BCUT2D eigenvalue weighted by Gasteiger charge is 2.64. The summed E-state index contributed by atoms with van der Waals surface area (Å²) in [7, 11) is 0. The lowest BCUT2D eigenvalue weighted by Gasteiger charge is -2.63. The number of hydrogen-bond acceptors (Lipinski definition) is 13. The minimum atomic E-state index is -0.980. The third-order valence-electron chi connectivity index (χ3n) is 13.4. The Kier molecular flexibility index (Phi) is 11.0. The maximum atomic E-state index is 13.4. The molecule has 316 valence electrons. The van der Waals surface area contributed by atoms with Crippen molar-refractivity contribution >= 4 is 41.2 Å². The first-order valence-electron chi connectivity index (χ1n) is 21.0. The minimum Gasteiger partial charge on any atom is -0.489 e. The van der Waals surface area contributed by atoms with Crippen LogP contribution < -0.4 is 25.2 Å². The van der Waals surface area contributed by atoms with Gasteiger partial charge in [-0.1, -0.05) is 27.7 Å². The number of amides is 5. The number of piperazine rings is 1. The van der Waals surface area contributed by atoms with Crippen molar-refractivity contribution in [3.8, 4) is 17.9 Å². The van der Waals surface area contributed by atoms with Gasteiger partial charge in [0.2, 0.25) is 17.8 Å². The van der Waals surface area contributed by atoms with Gasteiger partial charge in [0.25, 0.3) is 17.7 Å². The molecule has 5 aliphatic rings. The second kappa shape index (κ2) is 16.2. The van der Waals surface area contributed by atoms with Gasteiger partial charge < -0.3 is 19.9 Å². The van der Waals surface area contributed by atoms with Gasteiger partial charge in [-0.05, 0) is 74.5 Å². The summed E-state index contributed by atoms with van der Waals surface area (Å²) in [6.07, 6.45) is 6.28. The fraction of sp³-hybridized carbons (Fsp3) is 0.489. The van der Waals surface area contributed by atoms with Crippen LogP contribution in [0.4, 0.5) is 11.6 Å². The number of aromatic nitrogens is 2. The molecule has 61 heavy (non-hydrogen) atoms. The van der Waals surface area contributed by atoms with E-state index >= 15 is 0 Å². The quantitative estimate of drug-likeness (QED) is 0.281. The van der Waals surface area contributed by atoms with Gasteiger partial charge in [-0.3, -0.25) is 39.1 Å². The van der Waals surface area contributed by atoms with Crippen LogP contribution in [0.2, 0.25) is 0 Å². The van der Waals surface area contributed by atoms with E-state index in [1.165, 1.54) is 0 Å². The molecule has 0 spiro atoms. The zero-order valence-corrected chi connectivity index (χ0v) is 34.9. The second-order valence-corrected chi connectivity index (χ2v) is 18.0. The third-order valence-corrected chi connectivity index (χ3v) is 13.4. The van der Waals surface area contributed by atoms with Crippen molar-refractivity contribution in [2.45, 2.75) is 78.0 Å². The fourth-order valence-corrected chi connectivity index (χ4v) is 10.2. The van der Waals surface area contributed by atoms with Gasteiger partial charge >= 0.3 is 0 Å². The molecule has 1 aromatic heterocycles. The molecule has 0 radical (unpaired) electrons. The molecule has 2 aromatic carbocycles. The van der Waals surface area contributed by atoms with Gasteiger partial charge in [-0.2, -0.15) is 10.5 Å². The molecule has 1 aliphatic carbocycles. The first-order chi connectivity index (χ1) is 29.2. The first-order valence-corrected chi connectivity index (χ1v) is 21.0. The summed E-state index contributed by atoms with van der Waals surface area (Å²) >= 11 is 0. The van der Waals surface area contributed by atoms with Gasteiger partial charge in [0.05, 0.1) is 27.8 Å². The van der Waals surface area contributed by atoms with E-state index in [0.717, 1.165) is 75.7 Å². The number of anilines is 2. The maximum absolute atomic E-state index is 13.4. The monoisotopic (exact) mass is 826 g/mol. The molecular formula is C45H50N10O6. The largest absolute Gasteiger partial charge is 0.489 e. The molecule has 3 aromatic rings. The number of carbonyl (C=O) groups is 5. The lowest BCUT2D eigenvalue weighted by atomic mass is 9.49. The number of rotatable bonds is 10. The van der Waals surface area contributed by atoms with Gasteiger partial charge in [0.15, 0.2) is 0 Å². The summed E-state index contributed by atoms with van der Waals surface area (Å²) in [5.41, 5.74) is 1.54. The summed E-state index contributed by atoms with van der Waals surface area (Å²) in [5, 5.41) is 24.2. The number of hydrogen-bond donors (Lipinski definition) is 2. The van der Waals surface area contributed by atoms with Gasteiger partial charge in [-0.15, -0.1) is 0 Å². The lowest BCUT2D eigenvalue weighted by Crippen LogP contribution is -2.74. The molecule has 1 atom stereocenters. The number of fused-ring (bicyclic) bond motifs is 1. The summed E-state index contributed by atoms with van der Waals surface area (Å²) in [4.78, 5) is 81.0. The molecule has 16 nitrogen and oxygen atoms in total. The van der Waals surface area contributed by atoms with E-state index in [1.807, 2.05) is 39.8 Å². The van der Waals surface area contributed by atoms with E-state index in [0.29, 0.717) is 34.3 Å². The Morgan fingerprint density at radius 3 is 2.16 bits per heavy atom. The molecule has 3 saturated heterocycles. The molecule has 16 heteroatoms. The van der Waals surface area contributed by atoms with Crippen molar-refractivity contribution < 1.29 is 28.7 Å². The zero-order valence-electron chi connectivity index (χ0n) is 34.9. The number of benzene rings is 2. The Hall–Kier alpha value is -6.39. The highest BCUT2D eigenvalue weighted by Crippen LogP contribution is 2.55. The number of nitrogens with one attached hydrogen (secondary N) is 2. The van der Waals surface area contributed by atoms with E-state index in [9.17, 15) is 34.5 Å². The predicted octanol–water partition coefficient (Wildman–Crippen LogP) is 3.66. The van der Waals surface area contributed by atoms with Crippen LogP contribution in [0.1, 0.15) is 102 Å². The molecule has 8 rings (SSSR count). The molecule has 1 saturated carbocycles. The molecule has 1 unspecified atom stereocenters. The summed E-state index contributed by atoms with van der Waals surface area (Å²) in [6.45, 7) is 14.2. The molecular weight excluding hydrogens is 777 g/mol. The van der Waals surface area contributed by atoms with Crippen molar-refractivity contribution in [1.29, 1.82) is 10.5 Å². The van der Waals surface area contributed by atoms with Crippen LogP contribution in [0.15, 0.2) is 48.8 Å². The summed E-state index contributed by atoms with van der Waals surface area (Å²) < 4.78 is 6.35. The Balaban J connectivity index is 0.771. The normalized spacial score (nSPS) is 23.7. The second-order valence-electron chi connectivity index (χ2n) is 18.0. The van der Waals surface area contributed by atoms with Crippen molar-refractivity contribution in [1.82, 2.24) is 30.4 Å². The molecule has 4 fully saturated rings. The zero-order chi connectivity index (χ0) is 43.2. The topological polar surface area (TPSA) is 205 Å². The van der Waals surface area contributed by atoms with Gasteiger partial charge in [-0.25, -0.2) is 9.97 Å². The molecule has 5 heterocycles. The van der Waals surface area contributed by atoms with E-state index in [-0.39, 0.29) is 42.0 Å². The van der Waals surface area contributed by atoms with Crippen LogP contribution >= 0.6 is 0 Å². The maximum Gasteiger partial charge on any atom is 0.262 e. The Morgan fingerprint density at radius 1 is 0.836 bits per heavy atom. The van der Waals surface area contributed by atoms with Crippen molar-refractivity contribution in [3.05, 3.63) is 76.6 Å². The smallest absolute Gasteiger partial charge is 0.262 e. The molecule has 0 bridgehead atoms. The number of piperidine rings is 2. The van der Waals surface area contributed by atoms with Gasteiger partial charge in [0, 0.05) is 80.6 Å². The molecule has 2 N–H and O–H groups in total. The SMILES string of the molecule is CC1(C)[C@H](NC(=O)c2cnc(N3CCC(CCN4CCN(c5ccc6c(c5)C(=O)N(C5CCC(=O)NC5=O)C6=O)CC4)CC3)nc2)C(C)(C)[C@H]1Oc1ccc(C#N)c(C#N)c1. The number of carbonyl (C=O) groups excluding carboxylic acids is 5. The number of nitriles is 2. The van der Waals surface area contributed by atoms with E-state index in [1.54, 1.807) is 42.7 Å². The number of nitrogens with zero attached hydrogens (tertiary/aromatic N) is 8. The third kappa shape index (κ3) is 7.76. The number of ether oxygens (including phenoxy) is 1. The Labute approximate surface area is 354 Å². The van der Waals surface area contributed by atoms with E-state index < -0.39 is 40.5 Å². The van der Waals surface area contributed by atoms with Crippen LogP contribution in [0.5, 0.6) is 5.75 Å². The molecule has 4 aliphatic heterocycles. The minimum absolute atomic E-state index is 0.0852. The van der Waals surface area contributed by atoms with Crippen LogP contribution in [0, 0.1) is 39.4 Å². The van der Waals surface area contributed by atoms with Crippen molar-refractivity contribution in [3.63, 3.8) is 0 Å². The standard InChI is InChI=1S/C45H50N10O6/c1-44(2)41(45(3,4)42(44)61-32-7-5-28(23-46)29(21-32)24-47)51-37(57)30-25-48-43(49-26-30)54-15-12-27(13-16-54)11-14-52-17-19-53(20-18-52)31-6-8-33-34(22-31)40(60)55(39(33)59)35-9-10-36(56)50-38(35)58/h5-8,21-22,25-27,35,41-42H,9-20H2,1-4H3,(H,51,57)(H,50,56,58)/t35?,41-,42-. The van der Waals surface area contributed by atoms with Crippen LogP contribution in [0.25, 0.3) is 0 Å². The average Bonchev–Trinajstić information content (AvgIpc) is 3.51. The highest BCUT2D eigenvalue weighted by atomic mass is 16.5. The highest BCUT2D eigenvalue weighted by molar-refractivity contribution is 6.23. The fourth-order valence-electron chi connectivity index (χ4n) is 10.2.